The van der Waals surface area contributed by atoms with E-state index in [-0.39, 0.29) is 0 Å². The van der Waals surface area contributed by atoms with Crippen LogP contribution >= 0.6 is 0 Å². The first-order valence-electron chi connectivity index (χ1n) is 5.26. The van der Waals surface area contributed by atoms with Crippen molar-refractivity contribution in [3.8, 4) is 0 Å². The number of hydrogen-bond acceptors (Lipinski definition) is 3. The van der Waals surface area contributed by atoms with Gasteiger partial charge in [-0.1, -0.05) is 6.42 Å². The molecule has 1 fully saturated rings. The van der Waals surface area contributed by atoms with Crippen LogP contribution in [0.2, 0.25) is 0 Å². The Balaban J connectivity index is 2.60. The number of primary amides is 1. The molecule has 0 radical (unpaired) electrons. The van der Waals surface area contributed by atoms with Gasteiger partial charge in [0.2, 0.25) is 11.8 Å². The van der Waals surface area contributed by atoms with Crippen molar-refractivity contribution in [2.75, 3.05) is 0 Å². The van der Waals surface area contributed by atoms with Crippen LogP contribution in [-0.4, -0.2) is 28.9 Å². The van der Waals surface area contributed by atoms with E-state index in [1.165, 1.54) is 6.92 Å². The van der Waals surface area contributed by atoms with Crippen molar-refractivity contribution in [3.63, 3.8) is 0 Å². The van der Waals surface area contributed by atoms with Gasteiger partial charge in [-0.2, -0.15) is 0 Å². The minimum Gasteiger partial charge on any atom is -0.481 e. The molecule has 16 heavy (non-hydrogen) atoms. The second kappa shape index (κ2) is 4.96. The Hall–Kier alpha value is -1.59. The number of carboxylic acid groups (broad SMARTS) is 1. The maximum atomic E-state index is 11.7. The minimum atomic E-state index is -0.954. The van der Waals surface area contributed by atoms with Gasteiger partial charge in [0.05, 0.1) is 11.8 Å². The van der Waals surface area contributed by atoms with Gasteiger partial charge in [0.25, 0.3) is 0 Å². The summed E-state index contributed by atoms with van der Waals surface area (Å²) in [6.45, 7) is 1.48. The third kappa shape index (κ3) is 2.71. The van der Waals surface area contributed by atoms with Crippen LogP contribution in [-0.2, 0) is 14.4 Å². The molecule has 0 aromatic carbocycles. The van der Waals surface area contributed by atoms with Crippen LogP contribution in [0.5, 0.6) is 0 Å². The number of nitrogens with two attached hydrogens (primary N) is 1. The van der Waals surface area contributed by atoms with Crippen molar-refractivity contribution in [1.82, 2.24) is 5.32 Å². The first-order valence-corrected chi connectivity index (χ1v) is 5.26. The van der Waals surface area contributed by atoms with Gasteiger partial charge in [-0.25, -0.2) is 0 Å². The standard InChI is InChI=1S/C10H16N2O4/c1-5(8(11)13)12-9(14)6-3-2-4-7(6)10(15)16/h5-7H,2-4H2,1H3,(H2,11,13)(H,12,14)(H,15,16)/t5?,6-,7+/m1/s1. The second-order valence-electron chi connectivity index (χ2n) is 4.11. The zero-order valence-corrected chi connectivity index (χ0v) is 9.10. The second-order valence-corrected chi connectivity index (χ2v) is 4.11. The van der Waals surface area contributed by atoms with Crippen LogP contribution in [0.4, 0.5) is 0 Å². The quantitative estimate of drug-likeness (QED) is 0.601. The lowest BCUT2D eigenvalue weighted by Gasteiger charge is -2.17. The number of carboxylic acids is 1. The molecule has 1 unspecified atom stereocenters. The van der Waals surface area contributed by atoms with Crippen molar-refractivity contribution in [1.29, 1.82) is 0 Å². The Morgan fingerprint density at radius 3 is 2.38 bits per heavy atom. The monoisotopic (exact) mass is 228 g/mol. The molecule has 1 aliphatic rings. The Bertz CT molecular complexity index is 316. The highest BCUT2D eigenvalue weighted by Crippen LogP contribution is 2.32. The van der Waals surface area contributed by atoms with Crippen LogP contribution < -0.4 is 11.1 Å². The van der Waals surface area contributed by atoms with E-state index in [1.807, 2.05) is 0 Å². The largest absolute Gasteiger partial charge is 0.481 e. The van der Waals surface area contributed by atoms with Crippen molar-refractivity contribution < 1.29 is 19.5 Å². The first-order chi connectivity index (χ1) is 7.43. The van der Waals surface area contributed by atoms with Gasteiger partial charge < -0.3 is 16.2 Å². The fraction of sp³-hybridized carbons (Fsp3) is 0.700. The third-order valence-electron chi connectivity index (χ3n) is 2.96. The molecular formula is C10H16N2O4. The van der Waals surface area contributed by atoms with Crippen LogP contribution in [0.15, 0.2) is 0 Å². The molecule has 1 saturated carbocycles. The summed E-state index contributed by atoms with van der Waals surface area (Å²) in [6, 6.07) is -0.762. The number of nitrogens with one attached hydrogen (secondary N) is 1. The van der Waals surface area contributed by atoms with E-state index in [0.29, 0.717) is 12.8 Å². The van der Waals surface area contributed by atoms with Crippen LogP contribution in [0.3, 0.4) is 0 Å². The highest BCUT2D eigenvalue weighted by Gasteiger charge is 2.38. The molecule has 90 valence electrons. The molecule has 0 aliphatic heterocycles. The molecule has 0 aromatic rings. The fourth-order valence-corrected chi connectivity index (χ4v) is 1.96. The van der Waals surface area contributed by atoms with Gasteiger partial charge in [-0.3, -0.25) is 14.4 Å². The van der Waals surface area contributed by atoms with E-state index in [9.17, 15) is 14.4 Å². The lowest BCUT2D eigenvalue weighted by molar-refractivity contribution is -0.146. The smallest absolute Gasteiger partial charge is 0.307 e. The summed E-state index contributed by atoms with van der Waals surface area (Å²) in [6.07, 6.45) is 1.78. The lowest BCUT2D eigenvalue weighted by Crippen LogP contribution is -2.46. The number of carbonyl (C=O) groups is 3. The van der Waals surface area contributed by atoms with E-state index in [1.54, 1.807) is 0 Å². The summed E-state index contributed by atoms with van der Waals surface area (Å²) in [5.41, 5.74) is 5.01. The fourth-order valence-electron chi connectivity index (χ4n) is 1.96. The molecule has 0 heterocycles. The molecule has 4 N–H and O–H groups in total. The Morgan fingerprint density at radius 1 is 1.31 bits per heavy atom. The van der Waals surface area contributed by atoms with Crippen molar-refractivity contribution in [2.24, 2.45) is 17.6 Å². The molecule has 0 aromatic heterocycles. The number of aliphatic carboxylic acids is 1. The number of carbonyl (C=O) groups excluding carboxylic acids is 2. The topological polar surface area (TPSA) is 109 Å². The van der Waals surface area contributed by atoms with Gasteiger partial charge in [-0.05, 0) is 19.8 Å². The van der Waals surface area contributed by atoms with Crippen LogP contribution in [0.1, 0.15) is 26.2 Å². The maximum absolute atomic E-state index is 11.7. The highest BCUT2D eigenvalue weighted by molar-refractivity contribution is 5.89. The summed E-state index contributed by atoms with van der Waals surface area (Å²) in [4.78, 5) is 33.3. The zero-order valence-electron chi connectivity index (χ0n) is 9.10. The molecule has 1 aliphatic carbocycles. The number of hydrogen-bond donors (Lipinski definition) is 3. The predicted octanol–water partition coefficient (Wildman–Crippen LogP) is -0.523. The van der Waals surface area contributed by atoms with Gasteiger partial charge >= 0.3 is 5.97 Å². The molecule has 2 amide bonds. The average Bonchev–Trinajstić information content (AvgIpc) is 2.65. The lowest BCUT2D eigenvalue weighted by atomic mass is 9.95. The molecule has 0 bridgehead atoms. The van der Waals surface area contributed by atoms with E-state index >= 15 is 0 Å². The molecule has 0 spiro atoms. The minimum absolute atomic E-state index is 0.392. The third-order valence-corrected chi connectivity index (χ3v) is 2.96. The van der Waals surface area contributed by atoms with E-state index in [2.05, 4.69) is 5.32 Å². The van der Waals surface area contributed by atoms with E-state index in [4.69, 9.17) is 10.8 Å². The van der Waals surface area contributed by atoms with Crippen LogP contribution in [0, 0.1) is 11.8 Å². The number of amides is 2. The summed E-state index contributed by atoms with van der Waals surface area (Å²) in [5.74, 6) is -3.15. The Labute approximate surface area is 93.2 Å². The van der Waals surface area contributed by atoms with Crippen molar-refractivity contribution in [2.45, 2.75) is 32.2 Å². The maximum Gasteiger partial charge on any atom is 0.307 e. The van der Waals surface area contributed by atoms with E-state index in [0.717, 1.165) is 6.42 Å². The average molecular weight is 228 g/mol. The normalized spacial score (nSPS) is 26.1. The zero-order chi connectivity index (χ0) is 12.3. The first kappa shape index (κ1) is 12.5. The van der Waals surface area contributed by atoms with Crippen molar-refractivity contribution in [3.05, 3.63) is 0 Å². The summed E-state index contributed by atoms with van der Waals surface area (Å²) in [5, 5.41) is 11.3. The molecule has 6 heteroatoms. The SMILES string of the molecule is CC(NC(=O)[C@@H]1CCC[C@@H]1C(=O)O)C(N)=O. The summed E-state index contributed by atoms with van der Waals surface area (Å²) in [7, 11) is 0. The van der Waals surface area contributed by atoms with E-state index < -0.39 is 35.7 Å². The summed E-state index contributed by atoms with van der Waals surface area (Å²) >= 11 is 0. The summed E-state index contributed by atoms with van der Waals surface area (Å²) < 4.78 is 0. The Morgan fingerprint density at radius 2 is 1.88 bits per heavy atom. The Kier molecular flexibility index (Phi) is 3.87. The molecule has 6 nitrogen and oxygen atoms in total. The number of rotatable bonds is 4. The van der Waals surface area contributed by atoms with Crippen molar-refractivity contribution >= 4 is 17.8 Å². The van der Waals surface area contributed by atoms with Gasteiger partial charge in [0.15, 0.2) is 0 Å². The molecule has 1 rings (SSSR count). The molecule has 3 atom stereocenters. The van der Waals surface area contributed by atoms with Gasteiger partial charge in [0, 0.05) is 0 Å². The molecule has 0 saturated heterocycles. The highest BCUT2D eigenvalue weighted by atomic mass is 16.4. The van der Waals surface area contributed by atoms with Crippen LogP contribution in [0.25, 0.3) is 0 Å². The van der Waals surface area contributed by atoms with Gasteiger partial charge in [-0.15, -0.1) is 0 Å². The van der Waals surface area contributed by atoms with Gasteiger partial charge in [0.1, 0.15) is 6.04 Å². The predicted molar refractivity (Wildman–Crippen MR) is 55.3 cm³/mol. The molecular weight excluding hydrogens is 212 g/mol.